The van der Waals surface area contributed by atoms with Crippen molar-refractivity contribution in [1.82, 2.24) is 10.0 Å². The van der Waals surface area contributed by atoms with E-state index in [1.54, 1.807) is 0 Å². The minimum absolute atomic E-state index is 0.00736. The quantitative estimate of drug-likeness (QED) is 0.667. The second-order valence-corrected chi connectivity index (χ2v) is 6.97. The lowest BCUT2D eigenvalue weighted by atomic mass is 10.0. The molecule has 0 heterocycles. The van der Waals surface area contributed by atoms with E-state index in [-0.39, 0.29) is 23.0 Å². The van der Waals surface area contributed by atoms with Crippen LogP contribution in [-0.2, 0) is 14.8 Å². The molecule has 0 aromatic heterocycles. The van der Waals surface area contributed by atoms with Gasteiger partial charge in [-0.2, -0.15) is 0 Å². The molecule has 2 rings (SSSR count). The Bertz CT molecular complexity index is 710. The van der Waals surface area contributed by atoms with E-state index < -0.39 is 21.9 Å². The summed E-state index contributed by atoms with van der Waals surface area (Å²) in [7, 11) is -3.86. The van der Waals surface area contributed by atoms with Crippen LogP contribution in [0.5, 0.6) is 0 Å². The fraction of sp³-hybridized carbons (Fsp3) is 0.333. The lowest BCUT2D eigenvalue weighted by Gasteiger charge is -2.19. The predicted octanol–water partition coefficient (Wildman–Crippen LogP) is 0.888. The van der Waals surface area contributed by atoms with E-state index >= 15 is 0 Å². The fourth-order valence-corrected chi connectivity index (χ4v) is 3.21. The van der Waals surface area contributed by atoms with Crippen LogP contribution in [0.15, 0.2) is 41.3 Å². The zero-order chi connectivity index (χ0) is 16.9. The van der Waals surface area contributed by atoms with Gasteiger partial charge in [0.25, 0.3) is 0 Å². The van der Waals surface area contributed by atoms with E-state index in [1.165, 1.54) is 24.3 Å². The SMILES string of the molecule is O=C(CNS(=O)(=O)c1ccc(C(=O)O)cc1)NC1CC=CCC1. The molecular weight excluding hydrogens is 320 g/mol. The van der Waals surface area contributed by atoms with Crippen LogP contribution in [0.2, 0.25) is 0 Å². The van der Waals surface area contributed by atoms with Crippen LogP contribution >= 0.6 is 0 Å². The van der Waals surface area contributed by atoms with E-state index in [2.05, 4.69) is 10.0 Å². The van der Waals surface area contributed by atoms with Crippen molar-refractivity contribution in [2.75, 3.05) is 6.54 Å². The van der Waals surface area contributed by atoms with Gasteiger partial charge in [-0.25, -0.2) is 17.9 Å². The van der Waals surface area contributed by atoms with E-state index in [9.17, 15) is 18.0 Å². The van der Waals surface area contributed by atoms with Crippen molar-refractivity contribution in [2.45, 2.75) is 30.2 Å². The number of hydrogen-bond acceptors (Lipinski definition) is 4. The van der Waals surface area contributed by atoms with Crippen molar-refractivity contribution in [3.63, 3.8) is 0 Å². The van der Waals surface area contributed by atoms with E-state index in [0.717, 1.165) is 19.3 Å². The molecule has 1 atom stereocenters. The van der Waals surface area contributed by atoms with Crippen LogP contribution in [0, 0.1) is 0 Å². The highest BCUT2D eigenvalue weighted by molar-refractivity contribution is 7.89. The third-order valence-corrected chi connectivity index (χ3v) is 4.89. The fourth-order valence-electron chi connectivity index (χ4n) is 2.22. The van der Waals surface area contributed by atoms with Gasteiger partial charge in [0.05, 0.1) is 17.0 Å². The van der Waals surface area contributed by atoms with Gasteiger partial charge in [0.1, 0.15) is 0 Å². The van der Waals surface area contributed by atoms with Gasteiger partial charge in [-0.1, -0.05) is 12.2 Å². The summed E-state index contributed by atoms with van der Waals surface area (Å²) in [4.78, 5) is 22.4. The third kappa shape index (κ3) is 4.90. The number of carbonyl (C=O) groups excluding carboxylic acids is 1. The van der Waals surface area contributed by atoms with E-state index in [4.69, 9.17) is 5.11 Å². The number of carboxylic acids is 1. The standard InChI is InChI=1S/C15H18N2O5S/c18-14(17-12-4-2-1-3-5-12)10-16-23(21,22)13-8-6-11(7-9-13)15(19)20/h1-2,6-9,12,16H,3-5,10H2,(H,17,18)(H,19,20). The molecular formula is C15H18N2O5S. The molecule has 0 radical (unpaired) electrons. The number of benzene rings is 1. The highest BCUT2D eigenvalue weighted by Gasteiger charge is 2.18. The van der Waals surface area contributed by atoms with Crippen molar-refractivity contribution < 1.29 is 23.1 Å². The molecule has 0 spiro atoms. The Morgan fingerprint density at radius 3 is 2.43 bits per heavy atom. The van der Waals surface area contributed by atoms with Crippen LogP contribution in [0.4, 0.5) is 0 Å². The Balaban J connectivity index is 1.91. The van der Waals surface area contributed by atoms with Gasteiger partial charge in [0.15, 0.2) is 0 Å². The number of carbonyl (C=O) groups is 2. The first kappa shape index (κ1) is 17.2. The average molecular weight is 338 g/mol. The summed E-state index contributed by atoms with van der Waals surface area (Å²) in [5, 5.41) is 11.6. The molecule has 1 aliphatic rings. The number of sulfonamides is 1. The normalized spacial score (nSPS) is 17.7. The third-order valence-electron chi connectivity index (χ3n) is 3.47. The molecule has 0 saturated carbocycles. The number of nitrogens with one attached hydrogen (secondary N) is 2. The van der Waals surface area contributed by atoms with Crippen molar-refractivity contribution in [3.05, 3.63) is 42.0 Å². The Labute approximate surface area is 134 Å². The van der Waals surface area contributed by atoms with Crippen LogP contribution in [0.3, 0.4) is 0 Å². The minimum atomic E-state index is -3.86. The monoisotopic (exact) mass is 338 g/mol. The average Bonchev–Trinajstić information content (AvgIpc) is 2.54. The topological polar surface area (TPSA) is 113 Å². The maximum Gasteiger partial charge on any atom is 0.335 e. The van der Waals surface area contributed by atoms with Crippen molar-refractivity contribution >= 4 is 21.9 Å². The Morgan fingerprint density at radius 2 is 1.87 bits per heavy atom. The van der Waals surface area contributed by atoms with Gasteiger partial charge in [-0.05, 0) is 43.5 Å². The second-order valence-electron chi connectivity index (χ2n) is 5.20. The van der Waals surface area contributed by atoms with Crippen molar-refractivity contribution in [2.24, 2.45) is 0 Å². The van der Waals surface area contributed by atoms with E-state index in [1.807, 2.05) is 12.2 Å². The number of aromatic carboxylic acids is 1. The summed E-state index contributed by atoms with van der Waals surface area (Å²) < 4.78 is 26.3. The summed E-state index contributed by atoms with van der Waals surface area (Å²) in [5.74, 6) is -1.53. The van der Waals surface area contributed by atoms with Gasteiger partial charge in [0.2, 0.25) is 15.9 Å². The Morgan fingerprint density at radius 1 is 1.17 bits per heavy atom. The van der Waals surface area contributed by atoms with Crippen LogP contribution in [0.1, 0.15) is 29.6 Å². The minimum Gasteiger partial charge on any atom is -0.478 e. The maximum atomic E-state index is 12.1. The van der Waals surface area contributed by atoms with Crippen molar-refractivity contribution in [3.8, 4) is 0 Å². The molecule has 3 N–H and O–H groups in total. The smallest absolute Gasteiger partial charge is 0.335 e. The summed E-state index contributed by atoms with van der Waals surface area (Å²) in [5.41, 5.74) is -0.00736. The summed E-state index contributed by atoms with van der Waals surface area (Å²) in [6, 6.07) is 4.81. The van der Waals surface area contributed by atoms with Gasteiger partial charge in [0, 0.05) is 6.04 Å². The molecule has 23 heavy (non-hydrogen) atoms. The first-order chi connectivity index (χ1) is 10.9. The zero-order valence-corrected chi connectivity index (χ0v) is 13.2. The van der Waals surface area contributed by atoms with Crippen LogP contribution < -0.4 is 10.0 Å². The number of amides is 1. The first-order valence-corrected chi connectivity index (χ1v) is 8.64. The number of rotatable bonds is 6. The lowest BCUT2D eigenvalue weighted by molar-refractivity contribution is -0.120. The summed E-state index contributed by atoms with van der Waals surface area (Å²) in [6.45, 7) is -0.358. The highest BCUT2D eigenvalue weighted by Crippen LogP contribution is 2.11. The maximum absolute atomic E-state index is 12.1. The molecule has 7 nitrogen and oxygen atoms in total. The van der Waals surface area contributed by atoms with Crippen molar-refractivity contribution in [1.29, 1.82) is 0 Å². The number of carboxylic acid groups (broad SMARTS) is 1. The molecule has 1 aromatic rings. The summed E-state index contributed by atoms with van der Waals surface area (Å²) >= 11 is 0. The second kappa shape index (κ2) is 7.38. The van der Waals surface area contributed by atoms with Crippen LogP contribution in [0.25, 0.3) is 0 Å². The predicted molar refractivity (Wildman–Crippen MR) is 83.5 cm³/mol. The molecule has 0 saturated heterocycles. The number of allylic oxidation sites excluding steroid dienone is 1. The zero-order valence-electron chi connectivity index (χ0n) is 12.4. The summed E-state index contributed by atoms with van der Waals surface area (Å²) in [6.07, 6.45) is 6.52. The molecule has 1 aliphatic carbocycles. The Kier molecular flexibility index (Phi) is 5.51. The molecule has 0 aliphatic heterocycles. The van der Waals surface area contributed by atoms with Gasteiger partial charge in [-0.3, -0.25) is 4.79 Å². The molecule has 0 bridgehead atoms. The molecule has 0 fully saturated rings. The molecule has 1 amide bonds. The molecule has 8 heteroatoms. The molecule has 1 unspecified atom stereocenters. The Hall–Kier alpha value is -2.19. The lowest BCUT2D eigenvalue weighted by Crippen LogP contribution is -2.42. The first-order valence-electron chi connectivity index (χ1n) is 7.16. The molecule has 124 valence electrons. The van der Waals surface area contributed by atoms with Gasteiger partial charge < -0.3 is 10.4 Å². The van der Waals surface area contributed by atoms with Crippen LogP contribution in [-0.4, -0.2) is 38.0 Å². The van der Waals surface area contributed by atoms with Gasteiger partial charge >= 0.3 is 5.97 Å². The molecule has 1 aromatic carbocycles. The number of hydrogen-bond donors (Lipinski definition) is 3. The van der Waals surface area contributed by atoms with E-state index in [0.29, 0.717) is 0 Å². The highest BCUT2D eigenvalue weighted by atomic mass is 32.2. The largest absolute Gasteiger partial charge is 0.478 e. The van der Waals surface area contributed by atoms with Gasteiger partial charge in [-0.15, -0.1) is 0 Å².